The van der Waals surface area contributed by atoms with E-state index >= 15 is 0 Å². The van der Waals surface area contributed by atoms with E-state index in [-0.39, 0.29) is 23.3 Å². The molecule has 0 aromatic heterocycles. The lowest BCUT2D eigenvalue weighted by atomic mass is 9.81. The predicted octanol–water partition coefficient (Wildman–Crippen LogP) is 3.56. The van der Waals surface area contributed by atoms with Crippen molar-refractivity contribution in [2.75, 3.05) is 7.11 Å². The number of hydrogen-bond donors (Lipinski definition) is 0. The molecule has 0 heterocycles. The summed E-state index contributed by atoms with van der Waals surface area (Å²) in [4.78, 5) is 24.3. The number of allylic oxidation sites excluding steroid dienone is 1. The van der Waals surface area contributed by atoms with Crippen molar-refractivity contribution >= 4 is 11.8 Å². The fourth-order valence-electron chi connectivity index (χ4n) is 2.52. The maximum atomic E-state index is 12.3. The zero-order chi connectivity index (χ0) is 16.3. The van der Waals surface area contributed by atoms with Gasteiger partial charge in [0.15, 0.2) is 5.78 Å². The molecule has 2 rings (SSSR count). The smallest absolute Gasteiger partial charge is 0.338 e. The third kappa shape index (κ3) is 3.56. The number of methoxy groups -OCH3 is 1. The third-order valence-electron chi connectivity index (χ3n) is 4.14. The molecule has 0 N–H and O–H groups in total. The summed E-state index contributed by atoms with van der Waals surface area (Å²) in [6.45, 7) is 5.73. The van der Waals surface area contributed by atoms with Crippen LogP contribution in [0.5, 0.6) is 5.75 Å². The van der Waals surface area contributed by atoms with Crippen LogP contribution in [0, 0.1) is 5.41 Å². The molecule has 0 amide bonds. The van der Waals surface area contributed by atoms with Crippen molar-refractivity contribution in [2.24, 2.45) is 5.41 Å². The lowest BCUT2D eigenvalue weighted by Gasteiger charge is -2.31. The summed E-state index contributed by atoms with van der Waals surface area (Å²) >= 11 is 0. The maximum absolute atomic E-state index is 12.3. The van der Waals surface area contributed by atoms with Crippen LogP contribution in [0.15, 0.2) is 35.9 Å². The molecule has 1 aromatic carbocycles. The third-order valence-corrected chi connectivity index (χ3v) is 4.14. The summed E-state index contributed by atoms with van der Waals surface area (Å²) in [5.41, 5.74) is 0.844. The van der Waals surface area contributed by atoms with E-state index in [2.05, 4.69) is 0 Å². The predicted molar refractivity (Wildman–Crippen MR) is 84.0 cm³/mol. The summed E-state index contributed by atoms with van der Waals surface area (Å²) < 4.78 is 10.7. The van der Waals surface area contributed by atoms with Crippen molar-refractivity contribution in [2.45, 2.75) is 39.7 Å². The van der Waals surface area contributed by atoms with E-state index in [1.54, 1.807) is 31.4 Å². The number of rotatable bonds is 3. The van der Waals surface area contributed by atoms with Crippen LogP contribution in [0.3, 0.4) is 0 Å². The highest BCUT2D eigenvalue weighted by Gasteiger charge is 2.36. The van der Waals surface area contributed by atoms with Gasteiger partial charge < -0.3 is 9.47 Å². The molecular formula is C18H22O4. The van der Waals surface area contributed by atoms with Gasteiger partial charge in [0, 0.05) is 18.3 Å². The van der Waals surface area contributed by atoms with Crippen molar-refractivity contribution in [1.29, 1.82) is 0 Å². The van der Waals surface area contributed by atoms with Crippen LogP contribution in [-0.4, -0.2) is 25.0 Å². The Labute approximate surface area is 131 Å². The van der Waals surface area contributed by atoms with Gasteiger partial charge in [0.1, 0.15) is 11.9 Å². The second kappa shape index (κ2) is 6.34. The van der Waals surface area contributed by atoms with Crippen molar-refractivity contribution < 1.29 is 19.1 Å². The molecule has 22 heavy (non-hydrogen) atoms. The Hall–Kier alpha value is -2.10. The molecule has 0 aliphatic heterocycles. The molecule has 0 spiro atoms. The molecule has 0 fully saturated rings. The lowest BCUT2D eigenvalue weighted by molar-refractivity contribution is -0.118. The van der Waals surface area contributed by atoms with Crippen LogP contribution in [0.2, 0.25) is 0 Å². The highest BCUT2D eigenvalue weighted by molar-refractivity contribution is 5.95. The van der Waals surface area contributed by atoms with E-state index in [0.29, 0.717) is 24.2 Å². The Morgan fingerprint density at radius 1 is 1.23 bits per heavy atom. The molecule has 4 nitrogen and oxygen atoms in total. The van der Waals surface area contributed by atoms with Gasteiger partial charge in [-0.2, -0.15) is 0 Å². The van der Waals surface area contributed by atoms with Crippen LogP contribution in [0.25, 0.3) is 0 Å². The molecule has 0 saturated heterocycles. The van der Waals surface area contributed by atoms with Gasteiger partial charge in [-0.15, -0.1) is 0 Å². The SMILES string of the molecule is COc1ccc(C(=O)OC2CC=C(C)C(=O)CC2(C)C)cc1. The standard InChI is InChI=1S/C18H22O4/c1-12-5-10-16(18(2,3)11-15(12)19)22-17(20)13-6-8-14(21-4)9-7-13/h5-9,16H,10-11H2,1-4H3. The Balaban J connectivity index is 2.13. The minimum Gasteiger partial charge on any atom is -0.497 e. The first-order chi connectivity index (χ1) is 10.3. The molecule has 0 bridgehead atoms. The molecule has 1 unspecified atom stereocenters. The van der Waals surface area contributed by atoms with E-state index in [4.69, 9.17) is 9.47 Å². The summed E-state index contributed by atoms with van der Waals surface area (Å²) in [5.74, 6) is 0.435. The van der Waals surface area contributed by atoms with E-state index in [0.717, 1.165) is 5.57 Å². The summed E-state index contributed by atoms with van der Waals surface area (Å²) in [6, 6.07) is 6.80. The molecule has 0 radical (unpaired) electrons. The minimum absolute atomic E-state index is 0.119. The number of ketones is 1. The summed E-state index contributed by atoms with van der Waals surface area (Å²) in [6.07, 6.45) is 2.49. The van der Waals surface area contributed by atoms with Gasteiger partial charge in [0.05, 0.1) is 12.7 Å². The van der Waals surface area contributed by atoms with Crippen molar-refractivity contribution in [3.8, 4) is 5.75 Å². The Bertz CT molecular complexity index is 596. The Morgan fingerprint density at radius 2 is 1.86 bits per heavy atom. The van der Waals surface area contributed by atoms with Gasteiger partial charge in [-0.1, -0.05) is 19.9 Å². The number of carbonyl (C=O) groups is 2. The van der Waals surface area contributed by atoms with Gasteiger partial charge in [-0.3, -0.25) is 4.79 Å². The fraction of sp³-hybridized carbons (Fsp3) is 0.444. The zero-order valence-corrected chi connectivity index (χ0v) is 13.5. The molecule has 0 saturated carbocycles. The van der Waals surface area contributed by atoms with Crippen molar-refractivity contribution in [3.05, 3.63) is 41.5 Å². The van der Waals surface area contributed by atoms with Gasteiger partial charge in [0.2, 0.25) is 0 Å². The van der Waals surface area contributed by atoms with Crippen molar-refractivity contribution in [3.63, 3.8) is 0 Å². The maximum Gasteiger partial charge on any atom is 0.338 e. The molecule has 1 aliphatic rings. The largest absolute Gasteiger partial charge is 0.497 e. The molecule has 1 atom stereocenters. The van der Waals surface area contributed by atoms with Gasteiger partial charge >= 0.3 is 5.97 Å². The number of hydrogen-bond acceptors (Lipinski definition) is 4. The first kappa shape index (κ1) is 16.3. The Kier molecular flexibility index (Phi) is 4.69. The Morgan fingerprint density at radius 3 is 2.45 bits per heavy atom. The first-order valence-electron chi connectivity index (χ1n) is 7.38. The molecule has 4 heteroatoms. The van der Waals surface area contributed by atoms with Crippen LogP contribution in [0.4, 0.5) is 0 Å². The van der Waals surface area contributed by atoms with E-state index in [9.17, 15) is 9.59 Å². The lowest BCUT2D eigenvalue weighted by Crippen LogP contribution is -2.34. The second-order valence-electron chi connectivity index (χ2n) is 6.33. The van der Waals surface area contributed by atoms with Crippen LogP contribution >= 0.6 is 0 Å². The normalized spacial score (nSPS) is 20.8. The summed E-state index contributed by atoms with van der Waals surface area (Å²) in [5, 5.41) is 0. The fourth-order valence-corrected chi connectivity index (χ4v) is 2.52. The zero-order valence-electron chi connectivity index (χ0n) is 13.5. The molecular weight excluding hydrogens is 280 g/mol. The van der Waals surface area contributed by atoms with E-state index in [1.165, 1.54) is 0 Å². The number of ether oxygens (including phenoxy) is 2. The van der Waals surface area contributed by atoms with E-state index in [1.807, 2.05) is 26.8 Å². The highest BCUT2D eigenvalue weighted by atomic mass is 16.5. The number of esters is 1. The van der Waals surface area contributed by atoms with Crippen LogP contribution in [-0.2, 0) is 9.53 Å². The molecule has 1 aliphatic carbocycles. The monoisotopic (exact) mass is 302 g/mol. The molecule has 1 aromatic rings. The number of benzene rings is 1. The highest BCUT2D eigenvalue weighted by Crippen LogP contribution is 2.34. The van der Waals surface area contributed by atoms with Gasteiger partial charge in [-0.25, -0.2) is 4.79 Å². The van der Waals surface area contributed by atoms with Gasteiger partial charge in [-0.05, 0) is 36.8 Å². The van der Waals surface area contributed by atoms with E-state index < -0.39 is 0 Å². The second-order valence-corrected chi connectivity index (χ2v) is 6.33. The quantitative estimate of drug-likeness (QED) is 0.801. The van der Waals surface area contributed by atoms with Gasteiger partial charge in [0.25, 0.3) is 0 Å². The number of carbonyl (C=O) groups excluding carboxylic acids is 2. The number of Topliss-reactive ketones (excluding diaryl/α,β-unsaturated/α-hetero) is 1. The first-order valence-corrected chi connectivity index (χ1v) is 7.38. The average Bonchev–Trinajstić information content (AvgIpc) is 2.58. The minimum atomic E-state index is -0.381. The molecule has 118 valence electrons. The topological polar surface area (TPSA) is 52.6 Å². The van der Waals surface area contributed by atoms with Crippen molar-refractivity contribution in [1.82, 2.24) is 0 Å². The summed E-state index contributed by atoms with van der Waals surface area (Å²) in [7, 11) is 1.58. The van der Waals surface area contributed by atoms with Crippen LogP contribution < -0.4 is 4.74 Å². The van der Waals surface area contributed by atoms with Crippen LogP contribution in [0.1, 0.15) is 44.0 Å². The average molecular weight is 302 g/mol.